The number of carbonyl (C=O) groups is 2. The number of amides is 2. The Balaban J connectivity index is 1.14. The van der Waals surface area contributed by atoms with Gasteiger partial charge in [0.25, 0.3) is 5.91 Å². The van der Waals surface area contributed by atoms with E-state index in [2.05, 4.69) is 36.9 Å². The van der Waals surface area contributed by atoms with E-state index in [1.165, 1.54) is 11.1 Å². The zero-order valence-electron chi connectivity index (χ0n) is 25.1. The van der Waals surface area contributed by atoms with E-state index in [1.54, 1.807) is 13.2 Å². The number of aromatic hydroxyl groups is 1. The molecule has 2 amide bonds. The summed E-state index contributed by atoms with van der Waals surface area (Å²) in [7, 11) is 1.57. The second-order valence-electron chi connectivity index (χ2n) is 12.1. The molecule has 3 aromatic rings. The van der Waals surface area contributed by atoms with Crippen molar-refractivity contribution in [1.29, 1.82) is 0 Å². The molecule has 7 heteroatoms. The first-order valence-corrected chi connectivity index (χ1v) is 15.1. The highest BCUT2D eigenvalue weighted by atomic mass is 16.5. The number of methoxy groups -OCH3 is 1. The van der Waals surface area contributed by atoms with Crippen LogP contribution in [0.3, 0.4) is 0 Å². The Morgan fingerprint density at radius 2 is 1.60 bits per heavy atom. The van der Waals surface area contributed by atoms with Crippen molar-refractivity contribution < 1.29 is 19.4 Å². The van der Waals surface area contributed by atoms with Crippen molar-refractivity contribution in [3.8, 4) is 11.5 Å². The molecule has 222 valence electrons. The molecule has 1 fully saturated rings. The van der Waals surface area contributed by atoms with E-state index in [0.717, 1.165) is 55.5 Å². The molecule has 0 saturated carbocycles. The molecule has 5 rings (SSSR count). The molecule has 0 spiro atoms. The van der Waals surface area contributed by atoms with Crippen molar-refractivity contribution in [3.63, 3.8) is 0 Å². The fraction of sp³-hybridized carbons (Fsp3) is 0.429. The number of hydrogen-bond acceptors (Lipinski definition) is 5. The fourth-order valence-corrected chi connectivity index (χ4v) is 6.11. The van der Waals surface area contributed by atoms with Crippen LogP contribution in [0.5, 0.6) is 11.5 Å². The van der Waals surface area contributed by atoms with Gasteiger partial charge in [0.1, 0.15) is 0 Å². The third kappa shape index (κ3) is 6.79. The van der Waals surface area contributed by atoms with Crippen LogP contribution in [0.4, 0.5) is 0 Å². The maximum atomic E-state index is 13.7. The zero-order chi connectivity index (χ0) is 29.7. The van der Waals surface area contributed by atoms with Crippen molar-refractivity contribution in [2.75, 3.05) is 33.3 Å². The Labute approximate surface area is 249 Å². The van der Waals surface area contributed by atoms with Gasteiger partial charge in [0.2, 0.25) is 5.91 Å². The number of hydrogen-bond donors (Lipinski definition) is 1. The third-order valence-electron chi connectivity index (χ3n) is 8.96. The SMILES string of the molecule is COc1cc(CCC(C)(C)N2Cc3cccc(C(=O)N4CCN(C(=O)CCCc5ccccc5)CC4)c3C2)ccc1O. The van der Waals surface area contributed by atoms with Crippen molar-refractivity contribution in [1.82, 2.24) is 14.7 Å². The molecule has 0 radical (unpaired) electrons. The predicted molar refractivity (Wildman–Crippen MR) is 165 cm³/mol. The minimum atomic E-state index is -0.0864. The summed E-state index contributed by atoms with van der Waals surface area (Å²) >= 11 is 0. The summed E-state index contributed by atoms with van der Waals surface area (Å²) in [4.78, 5) is 32.8. The van der Waals surface area contributed by atoms with Crippen LogP contribution in [0, 0.1) is 0 Å². The van der Waals surface area contributed by atoms with E-state index in [1.807, 2.05) is 52.3 Å². The molecule has 0 unspecified atom stereocenters. The van der Waals surface area contributed by atoms with Gasteiger partial charge in [-0.2, -0.15) is 0 Å². The van der Waals surface area contributed by atoms with Gasteiger partial charge in [-0.05, 0) is 80.0 Å². The monoisotopic (exact) mass is 569 g/mol. The molecule has 2 aliphatic rings. The van der Waals surface area contributed by atoms with E-state index < -0.39 is 0 Å². The third-order valence-corrected chi connectivity index (χ3v) is 8.96. The highest BCUT2D eigenvalue weighted by molar-refractivity contribution is 5.96. The number of carbonyl (C=O) groups excluding carboxylic acids is 2. The van der Waals surface area contributed by atoms with E-state index in [4.69, 9.17) is 4.74 Å². The molecular formula is C35H43N3O4. The molecule has 42 heavy (non-hydrogen) atoms. The molecule has 0 atom stereocenters. The lowest BCUT2D eigenvalue weighted by Gasteiger charge is -2.36. The minimum Gasteiger partial charge on any atom is -0.504 e. The van der Waals surface area contributed by atoms with Crippen LogP contribution in [-0.4, -0.2) is 70.4 Å². The average molecular weight is 570 g/mol. The Hall–Kier alpha value is -3.84. The van der Waals surface area contributed by atoms with Gasteiger partial charge in [-0.1, -0.05) is 48.5 Å². The van der Waals surface area contributed by atoms with Crippen LogP contribution >= 0.6 is 0 Å². The van der Waals surface area contributed by atoms with Gasteiger partial charge < -0.3 is 19.6 Å². The molecule has 2 aliphatic heterocycles. The fourth-order valence-electron chi connectivity index (χ4n) is 6.11. The summed E-state index contributed by atoms with van der Waals surface area (Å²) in [6.07, 6.45) is 4.08. The van der Waals surface area contributed by atoms with E-state index in [0.29, 0.717) is 38.3 Å². The van der Waals surface area contributed by atoms with Crippen LogP contribution in [-0.2, 0) is 30.7 Å². The molecule has 7 nitrogen and oxygen atoms in total. The van der Waals surface area contributed by atoms with Crippen LogP contribution in [0.2, 0.25) is 0 Å². The second-order valence-corrected chi connectivity index (χ2v) is 12.1. The molecule has 0 bridgehead atoms. The number of fused-ring (bicyclic) bond motifs is 1. The second kappa shape index (κ2) is 13.0. The first-order chi connectivity index (χ1) is 20.2. The number of phenolic OH excluding ortho intramolecular Hbond substituents is 1. The van der Waals surface area contributed by atoms with Crippen molar-refractivity contribution in [3.05, 3.63) is 94.5 Å². The van der Waals surface area contributed by atoms with Gasteiger partial charge in [0, 0.05) is 56.8 Å². The number of piperazine rings is 1. The molecule has 0 aliphatic carbocycles. The molecular weight excluding hydrogens is 526 g/mol. The highest BCUT2D eigenvalue weighted by Crippen LogP contribution is 2.35. The Kier molecular flexibility index (Phi) is 9.17. The smallest absolute Gasteiger partial charge is 0.254 e. The van der Waals surface area contributed by atoms with Crippen LogP contribution in [0.25, 0.3) is 0 Å². The average Bonchev–Trinajstić information content (AvgIpc) is 3.47. The largest absolute Gasteiger partial charge is 0.504 e. The first kappa shape index (κ1) is 29.6. The number of aryl methyl sites for hydroxylation is 2. The number of benzene rings is 3. The minimum absolute atomic E-state index is 0.0684. The number of rotatable bonds is 10. The summed E-state index contributed by atoms with van der Waals surface area (Å²) in [5.74, 6) is 0.899. The summed E-state index contributed by atoms with van der Waals surface area (Å²) < 4.78 is 5.28. The summed E-state index contributed by atoms with van der Waals surface area (Å²) in [5, 5.41) is 9.92. The molecule has 3 aromatic carbocycles. The molecule has 1 saturated heterocycles. The van der Waals surface area contributed by atoms with Gasteiger partial charge in [0.05, 0.1) is 7.11 Å². The summed E-state index contributed by atoms with van der Waals surface area (Å²) in [6.45, 7) is 8.38. The van der Waals surface area contributed by atoms with Gasteiger partial charge >= 0.3 is 0 Å². The van der Waals surface area contributed by atoms with Gasteiger partial charge in [-0.25, -0.2) is 0 Å². The van der Waals surface area contributed by atoms with E-state index in [9.17, 15) is 14.7 Å². The van der Waals surface area contributed by atoms with Crippen LogP contribution in [0.15, 0.2) is 66.7 Å². The molecule has 1 N–H and O–H groups in total. The maximum absolute atomic E-state index is 13.7. The van der Waals surface area contributed by atoms with Gasteiger partial charge in [-0.15, -0.1) is 0 Å². The maximum Gasteiger partial charge on any atom is 0.254 e. The van der Waals surface area contributed by atoms with Gasteiger partial charge in [0.15, 0.2) is 11.5 Å². The Bertz CT molecular complexity index is 1400. The van der Waals surface area contributed by atoms with Crippen molar-refractivity contribution >= 4 is 11.8 Å². The van der Waals surface area contributed by atoms with Crippen molar-refractivity contribution in [2.45, 2.75) is 64.6 Å². The molecule has 2 heterocycles. The zero-order valence-corrected chi connectivity index (χ0v) is 25.1. The van der Waals surface area contributed by atoms with Crippen molar-refractivity contribution in [2.24, 2.45) is 0 Å². The van der Waals surface area contributed by atoms with Crippen LogP contribution in [0.1, 0.15) is 65.7 Å². The first-order valence-electron chi connectivity index (χ1n) is 15.1. The lowest BCUT2D eigenvalue weighted by Crippen LogP contribution is -2.50. The van der Waals surface area contributed by atoms with E-state index >= 15 is 0 Å². The molecule has 0 aromatic heterocycles. The quantitative estimate of drug-likeness (QED) is 0.352. The Morgan fingerprint density at radius 1 is 0.857 bits per heavy atom. The predicted octanol–water partition coefficient (Wildman–Crippen LogP) is 5.44. The lowest BCUT2D eigenvalue weighted by atomic mass is 9.93. The lowest BCUT2D eigenvalue weighted by molar-refractivity contribution is -0.132. The number of nitrogens with zero attached hydrogens (tertiary/aromatic N) is 3. The summed E-state index contributed by atoms with van der Waals surface area (Å²) in [6, 6.07) is 21.9. The number of phenols is 1. The summed E-state index contributed by atoms with van der Waals surface area (Å²) in [5.41, 5.74) is 5.43. The van der Waals surface area contributed by atoms with Crippen LogP contribution < -0.4 is 4.74 Å². The standard InChI is InChI=1S/C35H43N3O4/c1-35(2,18-17-27-15-16-31(39)32(23-27)42-3)38-24-28-12-8-13-29(30(28)25-38)34(41)37-21-19-36(20-22-37)33(40)14-7-11-26-9-5-4-6-10-26/h4-6,8-10,12-13,15-16,23,39H,7,11,14,17-22,24-25H2,1-3H3. The number of ether oxygens (including phenoxy) is 1. The van der Waals surface area contributed by atoms with E-state index in [-0.39, 0.29) is 23.1 Å². The highest BCUT2D eigenvalue weighted by Gasteiger charge is 2.35. The topological polar surface area (TPSA) is 73.3 Å². The normalized spacial score (nSPS) is 15.5. The Morgan fingerprint density at radius 3 is 2.33 bits per heavy atom. The van der Waals surface area contributed by atoms with Gasteiger partial charge in [-0.3, -0.25) is 14.5 Å².